The number of carboxylic acid groups (broad SMARTS) is 1. The molecule has 0 bridgehead atoms. The fraction of sp³-hybridized carbons (Fsp3) is 0.462. The molecule has 1 saturated heterocycles. The lowest BCUT2D eigenvalue weighted by Crippen LogP contribution is -2.44. The van der Waals surface area contributed by atoms with Crippen LogP contribution in [-0.2, 0) is 16.0 Å². The predicted molar refractivity (Wildman–Crippen MR) is 68.2 cm³/mol. The molecule has 2 heterocycles. The third-order valence-electron chi connectivity index (χ3n) is 3.36. The van der Waals surface area contributed by atoms with E-state index in [-0.39, 0.29) is 18.2 Å². The molecule has 1 unspecified atom stereocenters. The standard InChI is InChI=1S/C13H17N3O3/c14-7-9-5-12(17)16(8-9)11(13(18)19)6-10-3-1-2-4-15-10/h1-4,9,11H,5-8,14H2,(H,18,19)/t9?,11-/m0/s1. The summed E-state index contributed by atoms with van der Waals surface area (Å²) >= 11 is 0. The average molecular weight is 263 g/mol. The van der Waals surface area contributed by atoms with E-state index in [1.54, 1.807) is 24.4 Å². The highest BCUT2D eigenvalue weighted by atomic mass is 16.4. The van der Waals surface area contributed by atoms with Gasteiger partial charge >= 0.3 is 5.97 Å². The lowest BCUT2D eigenvalue weighted by Gasteiger charge is -2.24. The highest BCUT2D eigenvalue weighted by Gasteiger charge is 2.37. The van der Waals surface area contributed by atoms with E-state index in [0.717, 1.165) is 0 Å². The Morgan fingerprint density at radius 2 is 2.37 bits per heavy atom. The van der Waals surface area contributed by atoms with Crippen molar-refractivity contribution >= 4 is 11.9 Å². The SMILES string of the molecule is NCC1CC(=O)N([C@@H](Cc2ccccn2)C(=O)O)C1. The van der Waals surface area contributed by atoms with Gasteiger partial charge in [-0.2, -0.15) is 0 Å². The zero-order valence-corrected chi connectivity index (χ0v) is 10.5. The van der Waals surface area contributed by atoms with Crippen molar-refractivity contribution in [2.45, 2.75) is 18.9 Å². The molecule has 1 aliphatic rings. The quantitative estimate of drug-likeness (QED) is 0.772. The van der Waals surface area contributed by atoms with E-state index < -0.39 is 12.0 Å². The number of carbonyl (C=O) groups excluding carboxylic acids is 1. The highest BCUT2D eigenvalue weighted by molar-refractivity contribution is 5.85. The predicted octanol–water partition coefficient (Wildman–Crippen LogP) is -0.116. The fourth-order valence-electron chi connectivity index (χ4n) is 2.32. The van der Waals surface area contributed by atoms with Crippen molar-refractivity contribution in [3.8, 4) is 0 Å². The lowest BCUT2D eigenvalue weighted by molar-refractivity contribution is -0.148. The van der Waals surface area contributed by atoms with Gasteiger partial charge < -0.3 is 15.7 Å². The summed E-state index contributed by atoms with van der Waals surface area (Å²) in [6, 6.07) is 4.47. The molecule has 2 rings (SSSR count). The smallest absolute Gasteiger partial charge is 0.326 e. The number of aliphatic carboxylic acids is 1. The molecule has 0 aromatic carbocycles. The minimum atomic E-state index is -1.00. The minimum Gasteiger partial charge on any atom is -0.480 e. The van der Waals surface area contributed by atoms with Crippen molar-refractivity contribution in [3.05, 3.63) is 30.1 Å². The number of hydrogen-bond donors (Lipinski definition) is 2. The van der Waals surface area contributed by atoms with Crippen LogP contribution in [0.1, 0.15) is 12.1 Å². The molecule has 1 fully saturated rings. The van der Waals surface area contributed by atoms with Crippen LogP contribution in [0.25, 0.3) is 0 Å². The second kappa shape index (κ2) is 5.79. The summed E-state index contributed by atoms with van der Waals surface area (Å²) in [6.45, 7) is 0.817. The zero-order chi connectivity index (χ0) is 13.8. The second-order valence-corrected chi connectivity index (χ2v) is 4.73. The van der Waals surface area contributed by atoms with Gasteiger partial charge in [-0.3, -0.25) is 9.78 Å². The minimum absolute atomic E-state index is 0.0538. The molecule has 1 aromatic rings. The van der Waals surface area contributed by atoms with Crippen LogP contribution in [0.3, 0.4) is 0 Å². The van der Waals surface area contributed by atoms with E-state index in [2.05, 4.69) is 4.98 Å². The van der Waals surface area contributed by atoms with Crippen molar-refractivity contribution in [1.29, 1.82) is 0 Å². The number of nitrogens with zero attached hydrogens (tertiary/aromatic N) is 2. The summed E-state index contributed by atoms with van der Waals surface area (Å²) in [7, 11) is 0. The highest BCUT2D eigenvalue weighted by Crippen LogP contribution is 2.21. The van der Waals surface area contributed by atoms with Gasteiger partial charge in [-0.25, -0.2) is 4.79 Å². The van der Waals surface area contributed by atoms with Crippen LogP contribution in [0.5, 0.6) is 0 Å². The van der Waals surface area contributed by atoms with Crippen molar-refractivity contribution in [2.24, 2.45) is 11.7 Å². The fourth-order valence-corrected chi connectivity index (χ4v) is 2.32. The van der Waals surface area contributed by atoms with Gasteiger partial charge in [0.2, 0.25) is 5.91 Å². The number of pyridine rings is 1. The molecule has 3 N–H and O–H groups in total. The summed E-state index contributed by atoms with van der Waals surface area (Å²) in [5.41, 5.74) is 6.21. The first-order valence-corrected chi connectivity index (χ1v) is 6.24. The number of aromatic nitrogens is 1. The van der Waals surface area contributed by atoms with Crippen LogP contribution in [0.15, 0.2) is 24.4 Å². The Balaban J connectivity index is 2.13. The first kappa shape index (κ1) is 13.5. The molecule has 19 heavy (non-hydrogen) atoms. The summed E-state index contributed by atoms with van der Waals surface area (Å²) in [6.07, 6.45) is 2.17. The molecule has 1 aromatic heterocycles. The molecule has 102 valence electrons. The van der Waals surface area contributed by atoms with E-state index in [4.69, 9.17) is 5.73 Å². The lowest BCUT2D eigenvalue weighted by atomic mass is 10.1. The van der Waals surface area contributed by atoms with Crippen molar-refractivity contribution in [3.63, 3.8) is 0 Å². The average Bonchev–Trinajstić information content (AvgIpc) is 2.78. The Bertz CT molecular complexity index is 463. The van der Waals surface area contributed by atoms with Crippen LogP contribution in [0.4, 0.5) is 0 Å². The Morgan fingerprint density at radius 1 is 1.58 bits per heavy atom. The van der Waals surface area contributed by atoms with Gasteiger partial charge in [-0.05, 0) is 24.6 Å². The van der Waals surface area contributed by atoms with E-state index in [1.165, 1.54) is 4.90 Å². The van der Waals surface area contributed by atoms with E-state index >= 15 is 0 Å². The third-order valence-corrected chi connectivity index (χ3v) is 3.36. The topological polar surface area (TPSA) is 96.5 Å². The number of rotatable bonds is 5. The van der Waals surface area contributed by atoms with Crippen LogP contribution >= 0.6 is 0 Å². The van der Waals surface area contributed by atoms with Crippen LogP contribution in [0.2, 0.25) is 0 Å². The van der Waals surface area contributed by atoms with Crippen molar-refractivity contribution in [1.82, 2.24) is 9.88 Å². The molecule has 0 spiro atoms. The molecule has 0 saturated carbocycles. The molecule has 0 radical (unpaired) electrons. The Kier molecular flexibility index (Phi) is 4.11. The molecular weight excluding hydrogens is 246 g/mol. The van der Waals surface area contributed by atoms with Gasteiger partial charge in [0.15, 0.2) is 0 Å². The molecule has 0 aliphatic carbocycles. The Hall–Kier alpha value is -1.95. The number of carboxylic acids is 1. The summed E-state index contributed by atoms with van der Waals surface area (Å²) in [5.74, 6) is -1.09. The molecular formula is C13H17N3O3. The number of nitrogens with two attached hydrogens (primary N) is 1. The monoisotopic (exact) mass is 263 g/mol. The summed E-state index contributed by atoms with van der Waals surface area (Å²) < 4.78 is 0. The van der Waals surface area contributed by atoms with Gasteiger partial charge in [0.05, 0.1) is 0 Å². The van der Waals surface area contributed by atoms with Crippen LogP contribution < -0.4 is 5.73 Å². The Labute approximate surface area is 111 Å². The van der Waals surface area contributed by atoms with Gasteiger partial charge in [0.1, 0.15) is 6.04 Å². The molecule has 1 amide bonds. The van der Waals surface area contributed by atoms with E-state index in [0.29, 0.717) is 25.2 Å². The van der Waals surface area contributed by atoms with E-state index in [1.807, 2.05) is 0 Å². The van der Waals surface area contributed by atoms with Gasteiger partial charge in [-0.1, -0.05) is 6.07 Å². The molecule has 6 heteroatoms. The number of likely N-dealkylation sites (tertiary alicyclic amines) is 1. The van der Waals surface area contributed by atoms with Gasteiger partial charge in [0, 0.05) is 31.3 Å². The van der Waals surface area contributed by atoms with Crippen molar-refractivity contribution < 1.29 is 14.7 Å². The summed E-state index contributed by atoms with van der Waals surface area (Å²) in [4.78, 5) is 28.8. The number of amides is 1. The van der Waals surface area contributed by atoms with Crippen LogP contribution in [-0.4, -0.2) is 46.0 Å². The maximum absolute atomic E-state index is 11.9. The van der Waals surface area contributed by atoms with Gasteiger partial charge in [-0.15, -0.1) is 0 Å². The normalized spacial score (nSPS) is 20.6. The van der Waals surface area contributed by atoms with Crippen LogP contribution in [0, 0.1) is 5.92 Å². The summed E-state index contributed by atoms with van der Waals surface area (Å²) in [5, 5.41) is 9.32. The van der Waals surface area contributed by atoms with Crippen molar-refractivity contribution in [2.75, 3.05) is 13.1 Å². The first-order chi connectivity index (χ1) is 9.11. The molecule has 1 aliphatic heterocycles. The number of carbonyl (C=O) groups is 2. The maximum atomic E-state index is 11.9. The van der Waals surface area contributed by atoms with E-state index in [9.17, 15) is 14.7 Å². The van der Waals surface area contributed by atoms with Gasteiger partial charge in [0.25, 0.3) is 0 Å². The second-order valence-electron chi connectivity index (χ2n) is 4.73. The zero-order valence-electron chi connectivity index (χ0n) is 10.5. The third kappa shape index (κ3) is 3.08. The Morgan fingerprint density at radius 3 is 2.89 bits per heavy atom. The largest absolute Gasteiger partial charge is 0.480 e. The molecule has 6 nitrogen and oxygen atoms in total. The number of hydrogen-bond acceptors (Lipinski definition) is 4. The maximum Gasteiger partial charge on any atom is 0.326 e. The molecule has 2 atom stereocenters. The first-order valence-electron chi connectivity index (χ1n) is 6.24.